The molecule has 1 N–H and O–H groups in total. The molecule has 2 heterocycles. The Morgan fingerprint density at radius 3 is 2.37 bits per heavy atom. The van der Waals surface area contributed by atoms with Crippen LogP contribution in [0.25, 0.3) is 11.2 Å². The molecule has 1 aliphatic carbocycles. The van der Waals surface area contributed by atoms with Gasteiger partial charge in [0.2, 0.25) is 5.91 Å². The first-order valence-corrected chi connectivity index (χ1v) is 12.5. The van der Waals surface area contributed by atoms with Crippen molar-refractivity contribution >= 4 is 17.1 Å². The summed E-state index contributed by atoms with van der Waals surface area (Å²) in [6.45, 7) is 2.90. The van der Waals surface area contributed by atoms with E-state index in [2.05, 4.69) is 29.3 Å². The Morgan fingerprint density at radius 1 is 1.06 bits per heavy atom. The highest BCUT2D eigenvalue weighted by Crippen LogP contribution is 2.30. The molecule has 1 aromatic carbocycles. The number of hydrogen-bond acceptors (Lipinski definition) is 5. The SMILES string of the molecule is CCn1cnc2c1c(=O)n(CC(=O)NCC1(N(C)C)CCCCCC1)c(=O)n2Cc1ccccc1. The molecule has 0 radical (unpaired) electrons. The highest BCUT2D eigenvalue weighted by atomic mass is 16.2. The van der Waals surface area contributed by atoms with Crippen molar-refractivity contribution < 1.29 is 4.79 Å². The number of aryl methyl sites for hydroxylation is 1. The Labute approximate surface area is 205 Å². The van der Waals surface area contributed by atoms with Crippen LogP contribution in [0.15, 0.2) is 46.2 Å². The number of carbonyl (C=O) groups excluding carboxylic acids is 1. The van der Waals surface area contributed by atoms with E-state index < -0.39 is 11.2 Å². The lowest BCUT2D eigenvalue weighted by Gasteiger charge is -2.39. The Hall–Kier alpha value is -3.20. The topological polar surface area (TPSA) is 94.2 Å². The summed E-state index contributed by atoms with van der Waals surface area (Å²) in [5, 5.41) is 3.03. The van der Waals surface area contributed by atoms with E-state index in [1.165, 1.54) is 17.4 Å². The fourth-order valence-corrected chi connectivity index (χ4v) is 5.16. The minimum atomic E-state index is -0.528. The molecule has 0 saturated heterocycles. The number of aromatic nitrogens is 4. The zero-order chi connectivity index (χ0) is 25.0. The quantitative estimate of drug-likeness (QED) is 0.499. The van der Waals surface area contributed by atoms with Gasteiger partial charge in [-0.25, -0.2) is 14.3 Å². The Morgan fingerprint density at radius 2 is 1.74 bits per heavy atom. The van der Waals surface area contributed by atoms with E-state index in [0.29, 0.717) is 24.3 Å². The molecule has 0 bridgehead atoms. The second-order valence-electron chi connectivity index (χ2n) is 9.76. The highest BCUT2D eigenvalue weighted by molar-refractivity contribution is 5.76. The number of likely N-dealkylation sites (N-methyl/N-ethyl adjacent to an activating group) is 1. The normalized spacial score (nSPS) is 15.9. The predicted octanol–water partition coefficient (Wildman–Crippen LogP) is 2.20. The minimum Gasteiger partial charge on any atom is -0.353 e. The van der Waals surface area contributed by atoms with Crippen LogP contribution in [0.4, 0.5) is 0 Å². The number of benzene rings is 1. The number of hydrogen-bond donors (Lipinski definition) is 1. The summed E-state index contributed by atoms with van der Waals surface area (Å²) in [5.41, 5.74) is 0.477. The highest BCUT2D eigenvalue weighted by Gasteiger charge is 2.33. The summed E-state index contributed by atoms with van der Waals surface area (Å²) in [5.74, 6) is -0.331. The number of nitrogens with one attached hydrogen (secondary N) is 1. The lowest BCUT2D eigenvalue weighted by atomic mass is 9.88. The van der Waals surface area contributed by atoms with Gasteiger partial charge in [0.25, 0.3) is 5.56 Å². The average molecular weight is 481 g/mol. The summed E-state index contributed by atoms with van der Waals surface area (Å²) in [7, 11) is 4.12. The van der Waals surface area contributed by atoms with Crippen LogP contribution < -0.4 is 16.6 Å². The molecule has 2 aromatic heterocycles. The van der Waals surface area contributed by atoms with Crippen molar-refractivity contribution in [2.24, 2.45) is 0 Å². The third kappa shape index (κ3) is 5.10. The van der Waals surface area contributed by atoms with Gasteiger partial charge in [0.1, 0.15) is 6.54 Å². The molecule has 0 atom stereocenters. The molecule has 35 heavy (non-hydrogen) atoms. The maximum absolute atomic E-state index is 13.5. The van der Waals surface area contributed by atoms with Crippen LogP contribution in [0.2, 0.25) is 0 Å². The molecule has 4 rings (SSSR count). The van der Waals surface area contributed by atoms with Gasteiger partial charge >= 0.3 is 5.69 Å². The van der Waals surface area contributed by atoms with Crippen LogP contribution in [0, 0.1) is 0 Å². The predicted molar refractivity (Wildman–Crippen MR) is 137 cm³/mol. The molecule has 1 aliphatic rings. The van der Waals surface area contributed by atoms with E-state index in [-0.39, 0.29) is 24.5 Å². The number of amides is 1. The van der Waals surface area contributed by atoms with Gasteiger partial charge in [-0.1, -0.05) is 56.0 Å². The maximum Gasteiger partial charge on any atom is 0.333 e. The molecule has 1 fully saturated rings. The zero-order valence-corrected chi connectivity index (χ0v) is 21.0. The Kier molecular flexibility index (Phi) is 7.54. The van der Waals surface area contributed by atoms with Crippen molar-refractivity contribution in [2.75, 3.05) is 20.6 Å². The zero-order valence-electron chi connectivity index (χ0n) is 21.0. The van der Waals surface area contributed by atoms with Gasteiger partial charge in [0.15, 0.2) is 11.2 Å². The fraction of sp³-hybridized carbons (Fsp3) is 0.538. The van der Waals surface area contributed by atoms with E-state index in [4.69, 9.17) is 0 Å². The molecule has 1 saturated carbocycles. The van der Waals surface area contributed by atoms with Crippen molar-refractivity contribution in [1.82, 2.24) is 28.9 Å². The van der Waals surface area contributed by atoms with E-state index in [1.807, 2.05) is 37.3 Å². The molecule has 9 nitrogen and oxygen atoms in total. The molecular weight excluding hydrogens is 444 g/mol. The summed E-state index contributed by atoms with van der Waals surface area (Å²) < 4.78 is 4.25. The van der Waals surface area contributed by atoms with Crippen LogP contribution in [0.1, 0.15) is 51.0 Å². The largest absolute Gasteiger partial charge is 0.353 e. The minimum absolute atomic E-state index is 0.102. The number of carbonyl (C=O) groups is 1. The maximum atomic E-state index is 13.5. The van der Waals surface area contributed by atoms with Crippen molar-refractivity contribution in [3.63, 3.8) is 0 Å². The Balaban J connectivity index is 1.65. The van der Waals surface area contributed by atoms with Crippen molar-refractivity contribution in [2.45, 2.75) is 70.6 Å². The summed E-state index contributed by atoms with van der Waals surface area (Å²) in [6.07, 6.45) is 8.31. The van der Waals surface area contributed by atoms with Gasteiger partial charge in [0, 0.05) is 18.6 Å². The first-order chi connectivity index (χ1) is 16.9. The first-order valence-electron chi connectivity index (χ1n) is 12.5. The molecular formula is C26H36N6O3. The van der Waals surface area contributed by atoms with Gasteiger partial charge in [-0.05, 0) is 39.4 Å². The van der Waals surface area contributed by atoms with Crippen LogP contribution in [-0.2, 0) is 24.4 Å². The van der Waals surface area contributed by atoms with Gasteiger partial charge in [-0.2, -0.15) is 0 Å². The number of fused-ring (bicyclic) bond motifs is 1. The smallest absolute Gasteiger partial charge is 0.333 e. The van der Waals surface area contributed by atoms with Crippen molar-refractivity contribution in [1.29, 1.82) is 0 Å². The summed E-state index contributed by atoms with van der Waals surface area (Å²) in [4.78, 5) is 46.4. The number of nitrogens with zero attached hydrogens (tertiary/aromatic N) is 5. The van der Waals surface area contributed by atoms with Gasteiger partial charge in [0.05, 0.1) is 12.9 Å². The van der Waals surface area contributed by atoms with Crippen molar-refractivity contribution in [3.05, 3.63) is 63.1 Å². The van der Waals surface area contributed by atoms with Crippen LogP contribution in [0.5, 0.6) is 0 Å². The fourth-order valence-electron chi connectivity index (χ4n) is 5.16. The number of rotatable bonds is 8. The van der Waals surface area contributed by atoms with Gasteiger partial charge < -0.3 is 14.8 Å². The summed E-state index contributed by atoms with van der Waals surface area (Å²) in [6, 6.07) is 9.56. The second-order valence-corrected chi connectivity index (χ2v) is 9.76. The third-order valence-corrected chi connectivity index (χ3v) is 7.41. The van der Waals surface area contributed by atoms with Crippen molar-refractivity contribution in [3.8, 4) is 0 Å². The molecule has 9 heteroatoms. The second kappa shape index (κ2) is 10.6. The molecule has 1 amide bonds. The lowest BCUT2D eigenvalue weighted by Crippen LogP contribution is -2.53. The molecule has 188 valence electrons. The monoisotopic (exact) mass is 480 g/mol. The van der Waals surface area contributed by atoms with E-state index >= 15 is 0 Å². The molecule has 0 spiro atoms. The molecule has 3 aromatic rings. The first kappa shape index (κ1) is 24.9. The van der Waals surface area contributed by atoms with Crippen LogP contribution in [0.3, 0.4) is 0 Å². The molecule has 0 aliphatic heterocycles. The summed E-state index contributed by atoms with van der Waals surface area (Å²) >= 11 is 0. The van der Waals surface area contributed by atoms with Gasteiger partial charge in [-0.15, -0.1) is 0 Å². The van der Waals surface area contributed by atoms with Crippen LogP contribution >= 0.6 is 0 Å². The lowest BCUT2D eigenvalue weighted by molar-refractivity contribution is -0.122. The average Bonchev–Trinajstić information content (AvgIpc) is 3.13. The van der Waals surface area contributed by atoms with E-state index in [9.17, 15) is 14.4 Å². The molecule has 0 unspecified atom stereocenters. The van der Waals surface area contributed by atoms with E-state index in [0.717, 1.165) is 35.8 Å². The van der Waals surface area contributed by atoms with Crippen LogP contribution in [-0.4, -0.2) is 55.7 Å². The Bertz CT molecular complexity index is 1280. The number of imidazole rings is 1. The van der Waals surface area contributed by atoms with E-state index in [1.54, 1.807) is 10.9 Å². The standard InChI is InChI=1S/C26H36N6O3/c1-4-30-19-28-23-22(30)24(34)32(25(35)31(23)16-20-12-8-7-9-13-20)17-21(33)27-18-26(29(2)3)14-10-5-6-11-15-26/h7-9,12-13,19H,4-6,10-11,14-18H2,1-3H3,(H,27,33). The third-order valence-electron chi connectivity index (χ3n) is 7.41. The van der Waals surface area contributed by atoms with Gasteiger partial charge in [-0.3, -0.25) is 14.2 Å².